The molecule has 0 saturated heterocycles. The molecule has 0 unspecified atom stereocenters. The molecular weight excluding hydrogens is 188 g/mol. The van der Waals surface area contributed by atoms with Crippen LogP contribution in [0.25, 0.3) is 0 Å². The maximum atomic E-state index is 5.83. The zero-order chi connectivity index (χ0) is 10.6. The van der Waals surface area contributed by atoms with Crippen LogP contribution in [-0.2, 0) is 10.3 Å². The van der Waals surface area contributed by atoms with E-state index in [0.717, 1.165) is 12.0 Å². The van der Waals surface area contributed by atoms with E-state index in [-0.39, 0.29) is 0 Å². The molecule has 0 atom stereocenters. The van der Waals surface area contributed by atoms with E-state index in [1.165, 1.54) is 0 Å². The SMILES string of the molecule is CCCOC1(c2ccccc2)C=NN=C1. The van der Waals surface area contributed by atoms with Gasteiger partial charge in [0.05, 0.1) is 12.4 Å². The van der Waals surface area contributed by atoms with Crippen LogP contribution in [0.15, 0.2) is 40.5 Å². The van der Waals surface area contributed by atoms with E-state index in [1.54, 1.807) is 12.4 Å². The summed E-state index contributed by atoms with van der Waals surface area (Å²) in [5, 5.41) is 7.77. The Bertz CT molecular complexity index is 358. The molecule has 3 nitrogen and oxygen atoms in total. The lowest BCUT2D eigenvalue weighted by atomic mass is 9.96. The first-order chi connectivity index (χ1) is 7.37. The normalized spacial score (nSPS) is 17.1. The molecule has 78 valence electrons. The van der Waals surface area contributed by atoms with Gasteiger partial charge >= 0.3 is 0 Å². The van der Waals surface area contributed by atoms with Gasteiger partial charge in [-0.25, -0.2) is 0 Å². The number of benzene rings is 1. The first-order valence-electron chi connectivity index (χ1n) is 5.15. The molecule has 1 aromatic rings. The number of ether oxygens (including phenoxy) is 1. The van der Waals surface area contributed by atoms with Crippen molar-refractivity contribution in [1.29, 1.82) is 0 Å². The molecule has 3 heteroatoms. The number of hydrogen-bond acceptors (Lipinski definition) is 3. The third kappa shape index (κ3) is 1.97. The fourth-order valence-corrected chi connectivity index (χ4v) is 1.55. The number of rotatable bonds is 4. The van der Waals surface area contributed by atoms with Crippen LogP contribution in [0.5, 0.6) is 0 Å². The van der Waals surface area contributed by atoms with Crippen molar-refractivity contribution in [3.05, 3.63) is 35.9 Å². The molecule has 1 heterocycles. The second-order valence-electron chi connectivity index (χ2n) is 3.50. The summed E-state index contributed by atoms with van der Waals surface area (Å²) in [6.07, 6.45) is 4.48. The molecule has 0 spiro atoms. The summed E-state index contributed by atoms with van der Waals surface area (Å²) in [6.45, 7) is 2.79. The Balaban J connectivity index is 2.28. The summed E-state index contributed by atoms with van der Waals surface area (Å²) in [5.41, 5.74) is 0.528. The molecular formula is C12H14N2O. The van der Waals surface area contributed by atoms with Crippen LogP contribution in [0.2, 0.25) is 0 Å². The highest BCUT2D eigenvalue weighted by atomic mass is 16.5. The van der Waals surface area contributed by atoms with E-state index in [2.05, 4.69) is 17.1 Å². The summed E-state index contributed by atoms with van der Waals surface area (Å²) in [5.74, 6) is 0. The summed E-state index contributed by atoms with van der Waals surface area (Å²) in [7, 11) is 0. The van der Waals surface area contributed by atoms with Crippen molar-refractivity contribution < 1.29 is 4.74 Å². The maximum absolute atomic E-state index is 5.83. The van der Waals surface area contributed by atoms with E-state index in [0.29, 0.717) is 6.61 Å². The zero-order valence-electron chi connectivity index (χ0n) is 8.76. The van der Waals surface area contributed by atoms with Gasteiger partial charge in [-0.3, -0.25) is 0 Å². The molecule has 1 aliphatic heterocycles. The smallest absolute Gasteiger partial charge is 0.167 e. The summed E-state index contributed by atoms with van der Waals surface area (Å²) in [4.78, 5) is 0. The second-order valence-corrected chi connectivity index (χ2v) is 3.50. The van der Waals surface area contributed by atoms with Crippen molar-refractivity contribution in [3.63, 3.8) is 0 Å². The Kier molecular flexibility index (Phi) is 2.92. The zero-order valence-corrected chi connectivity index (χ0v) is 8.76. The van der Waals surface area contributed by atoms with Crippen molar-refractivity contribution in [2.24, 2.45) is 10.2 Å². The average molecular weight is 202 g/mol. The lowest BCUT2D eigenvalue weighted by Gasteiger charge is -2.23. The van der Waals surface area contributed by atoms with E-state index >= 15 is 0 Å². The van der Waals surface area contributed by atoms with Crippen molar-refractivity contribution in [1.82, 2.24) is 0 Å². The standard InChI is InChI=1S/C12H14N2O/c1-2-8-15-12(9-13-14-10-12)11-6-4-3-5-7-11/h3-7,9-10H,2,8H2,1H3. The molecule has 0 fully saturated rings. The highest BCUT2D eigenvalue weighted by molar-refractivity contribution is 5.97. The highest BCUT2D eigenvalue weighted by Gasteiger charge is 2.31. The minimum Gasteiger partial charge on any atom is -0.359 e. The Morgan fingerprint density at radius 3 is 2.40 bits per heavy atom. The highest BCUT2D eigenvalue weighted by Crippen LogP contribution is 2.24. The van der Waals surface area contributed by atoms with Gasteiger partial charge in [0.1, 0.15) is 0 Å². The quantitative estimate of drug-likeness (QED) is 0.738. The van der Waals surface area contributed by atoms with Crippen LogP contribution >= 0.6 is 0 Å². The average Bonchev–Trinajstić information content (AvgIpc) is 2.78. The van der Waals surface area contributed by atoms with Gasteiger partial charge in [0.2, 0.25) is 0 Å². The van der Waals surface area contributed by atoms with Gasteiger partial charge in [-0.05, 0) is 12.0 Å². The summed E-state index contributed by atoms with van der Waals surface area (Å²) >= 11 is 0. The number of nitrogens with zero attached hydrogens (tertiary/aromatic N) is 2. The van der Waals surface area contributed by atoms with Gasteiger partial charge in [-0.1, -0.05) is 37.3 Å². The molecule has 15 heavy (non-hydrogen) atoms. The molecule has 1 aromatic carbocycles. The topological polar surface area (TPSA) is 34.0 Å². The van der Waals surface area contributed by atoms with E-state index in [1.807, 2.05) is 30.3 Å². The Hall–Kier alpha value is -1.48. The largest absolute Gasteiger partial charge is 0.359 e. The van der Waals surface area contributed by atoms with Gasteiger partial charge in [-0.15, -0.1) is 0 Å². The monoisotopic (exact) mass is 202 g/mol. The molecule has 2 rings (SSSR count). The van der Waals surface area contributed by atoms with Gasteiger partial charge in [-0.2, -0.15) is 10.2 Å². The third-order valence-corrected chi connectivity index (χ3v) is 2.34. The van der Waals surface area contributed by atoms with Crippen LogP contribution < -0.4 is 0 Å². The molecule has 0 bridgehead atoms. The molecule has 0 aromatic heterocycles. The molecule has 0 radical (unpaired) electrons. The molecule has 1 aliphatic rings. The third-order valence-electron chi connectivity index (χ3n) is 2.34. The minimum absolute atomic E-state index is 0.544. The molecule has 0 aliphatic carbocycles. The predicted molar refractivity (Wildman–Crippen MR) is 61.3 cm³/mol. The van der Waals surface area contributed by atoms with Gasteiger partial charge < -0.3 is 4.74 Å². The second kappa shape index (κ2) is 4.36. The van der Waals surface area contributed by atoms with Crippen LogP contribution in [-0.4, -0.2) is 19.0 Å². The fourth-order valence-electron chi connectivity index (χ4n) is 1.55. The first-order valence-corrected chi connectivity index (χ1v) is 5.15. The van der Waals surface area contributed by atoms with Gasteiger partial charge in [0, 0.05) is 6.61 Å². The van der Waals surface area contributed by atoms with Gasteiger partial charge in [0.25, 0.3) is 0 Å². The first kappa shape index (κ1) is 10.1. The molecule has 0 saturated carbocycles. The van der Waals surface area contributed by atoms with Crippen molar-refractivity contribution in [2.45, 2.75) is 18.9 Å². The molecule has 0 amide bonds. The summed E-state index contributed by atoms with van der Waals surface area (Å²) in [6, 6.07) is 10.0. The minimum atomic E-state index is -0.544. The van der Waals surface area contributed by atoms with Crippen LogP contribution in [0, 0.1) is 0 Å². The van der Waals surface area contributed by atoms with E-state index < -0.39 is 5.60 Å². The molecule has 0 N–H and O–H groups in total. The lowest BCUT2D eigenvalue weighted by molar-refractivity contribution is 0.0638. The van der Waals surface area contributed by atoms with Crippen molar-refractivity contribution in [2.75, 3.05) is 6.61 Å². The van der Waals surface area contributed by atoms with Crippen molar-refractivity contribution in [3.8, 4) is 0 Å². The Labute approximate surface area is 89.5 Å². The summed E-state index contributed by atoms with van der Waals surface area (Å²) < 4.78 is 5.83. The fraction of sp³-hybridized carbons (Fsp3) is 0.333. The van der Waals surface area contributed by atoms with Crippen LogP contribution in [0.4, 0.5) is 0 Å². The maximum Gasteiger partial charge on any atom is 0.167 e. The Morgan fingerprint density at radius 2 is 1.80 bits per heavy atom. The van der Waals surface area contributed by atoms with Crippen LogP contribution in [0.3, 0.4) is 0 Å². The van der Waals surface area contributed by atoms with E-state index in [9.17, 15) is 0 Å². The lowest BCUT2D eigenvalue weighted by Crippen LogP contribution is -2.31. The Morgan fingerprint density at radius 1 is 1.13 bits per heavy atom. The number of hydrogen-bond donors (Lipinski definition) is 0. The van der Waals surface area contributed by atoms with Crippen molar-refractivity contribution >= 4 is 12.4 Å². The predicted octanol–water partition coefficient (Wildman–Crippen LogP) is 2.38. The van der Waals surface area contributed by atoms with E-state index in [4.69, 9.17) is 4.74 Å². The van der Waals surface area contributed by atoms with Gasteiger partial charge in [0.15, 0.2) is 5.60 Å². The van der Waals surface area contributed by atoms with Crippen LogP contribution in [0.1, 0.15) is 18.9 Å².